The molecule has 1 saturated heterocycles. The molecule has 0 saturated carbocycles. The Balaban J connectivity index is 1.95. The molecule has 0 radical (unpaired) electrons. The van der Waals surface area contributed by atoms with Gasteiger partial charge in [0.25, 0.3) is 5.91 Å². The van der Waals surface area contributed by atoms with Crippen molar-refractivity contribution in [2.45, 2.75) is 6.10 Å². The highest BCUT2D eigenvalue weighted by Crippen LogP contribution is 2.21. The first kappa shape index (κ1) is 13.1. The molecule has 1 aromatic carbocycles. The minimum Gasteiger partial charge on any atom is -0.398 e. The minimum atomic E-state index is -0.299. The van der Waals surface area contributed by atoms with Gasteiger partial charge >= 0.3 is 0 Å². The fourth-order valence-corrected chi connectivity index (χ4v) is 2.00. The Bertz CT molecular complexity index is 413. The lowest BCUT2D eigenvalue weighted by Crippen LogP contribution is -2.39. The van der Waals surface area contributed by atoms with E-state index in [0.29, 0.717) is 42.6 Å². The second-order valence-electron chi connectivity index (χ2n) is 3.98. The number of benzene rings is 1. The monoisotopic (exact) mass is 270 g/mol. The van der Waals surface area contributed by atoms with Crippen LogP contribution in [0.2, 0.25) is 5.02 Å². The van der Waals surface area contributed by atoms with Crippen molar-refractivity contribution in [1.29, 1.82) is 0 Å². The fourth-order valence-electron chi connectivity index (χ4n) is 1.73. The summed E-state index contributed by atoms with van der Waals surface area (Å²) >= 11 is 5.95. The molecule has 1 unspecified atom stereocenters. The molecular weight excluding hydrogens is 256 g/mol. The van der Waals surface area contributed by atoms with Crippen molar-refractivity contribution in [3.8, 4) is 0 Å². The minimum absolute atomic E-state index is 0.119. The molecule has 1 aliphatic rings. The number of hydrogen-bond acceptors (Lipinski definition) is 4. The van der Waals surface area contributed by atoms with Crippen LogP contribution in [0.5, 0.6) is 0 Å². The van der Waals surface area contributed by atoms with Crippen molar-refractivity contribution in [1.82, 2.24) is 5.32 Å². The summed E-state index contributed by atoms with van der Waals surface area (Å²) in [6.45, 7) is 2.01. The third-order valence-corrected chi connectivity index (χ3v) is 2.96. The van der Waals surface area contributed by atoms with E-state index >= 15 is 0 Å². The molecule has 1 atom stereocenters. The van der Waals surface area contributed by atoms with Crippen LogP contribution in [-0.2, 0) is 9.47 Å². The van der Waals surface area contributed by atoms with Gasteiger partial charge in [0.1, 0.15) is 0 Å². The van der Waals surface area contributed by atoms with Gasteiger partial charge in [-0.1, -0.05) is 17.7 Å². The van der Waals surface area contributed by atoms with Gasteiger partial charge < -0.3 is 20.5 Å². The smallest absolute Gasteiger partial charge is 0.254 e. The molecule has 18 heavy (non-hydrogen) atoms. The lowest BCUT2D eigenvalue weighted by atomic mass is 10.1. The van der Waals surface area contributed by atoms with Gasteiger partial charge in [-0.25, -0.2) is 0 Å². The van der Waals surface area contributed by atoms with E-state index < -0.39 is 0 Å². The van der Waals surface area contributed by atoms with Crippen LogP contribution in [0.15, 0.2) is 18.2 Å². The lowest BCUT2D eigenvalue weighted by Gasteiger charge is -2.23. The summed E-state index contributed by atoms with van der Waals surface area (Å²) < 4.78 is 10.7. The van der Waals surface area contributed by atoms with Crippen LogP contribution in [0.3, 0.4) is 0 Å². The third kappa shape index (κ3) is 3.13. The zero-order chi connectivity index (χ0) is 13.0. The first-order valence-electron chi connectivity index (χ1n) is 5.70. The molecule has 0 bridgehead atoms. The molecule has 3 N–H and O–H groups in total. The quantitative estimate of drug-likeness (QED) is 0.806. The zero-order valence-electron chi connectivity index (χ0n) is 9.82. The van der Waals surface area contributed by atoms with Crippen molar-refractivity contribution in [3.05, 3.63) is 28.8 Å². The van der Waals surface area contributed by atoms with Gasteiger partial charge in [-0.3, -0.25) is 4.79 Å². The van der Waals surface area contributed by atoms with E-state index in [1.165, 1.54) is 0 Å². The summed E-state index contributed by atoms with van der Waals surface area (Å²) in [6.07, 6.45) is -0.119. The van der Waals surface area contributed by atoms with Crippen LogP contribution in [0.1, 0.15) is 10.4 Å². The third-order valence-electron chi connectivity index (χ3n) is 2.65. The first-order valence-corrected chi connectivity index (χ1v) is 6.08. The fraction of sp³-hybridized carbons (Fsp3) is 0.417. The average molecular weight is 271 g/mol. The number of rotatable bonds is 3. The standard InChI is InChI=1S/C12H15ClN2O3/c13-9-2-1-3-10(14)11(9)12(16)15-6-8-7-17-4-5-18-8/h1-3,8H,4-7,14H2,(H,15,16). The van der Waals surface area contributed by atoms with E-state index in [1.807, 2.05) is 0 Å². The van der Waals surface area contributed by atoms with E-state index in [4.69, 9.17) is 26.8 Å². The number of nitrogens with two attached hydrogens (primary N) is 1. The highest BCUT2D eigenvalue weighted by Gasteiger charge is 2.18. The van der Waals surface area contributed by atoms with Gasteiger partial charge in [0.05, 0.1) is 36.5 Å². The van der Waals surface area contributed by atoms with Gasteiger partial charge in [-0.15, -0.1) is 0 Å². The molecular formula is C12H15ClN2O3. The summed E-state index contributed by atoms with van der Waals surface area (Å²) in [5, 5.41) is 3.08. The highest BCUT2D eigenvalue weighted by atomic mass is 35.5. The number of ether oxygens (including phenoxy) is 2. The molecule has 5 nitrogen and oxygen atoms in total. The topological polar surface area (TPSA) is 73.6 Å². The molecule has 0 aliphatic carbocycles. The van der Waals surface area contributed by atoms with Crippen molar-refractivity contribution in [3.63, 3.8) is 0 Å². The largest absolute Gasteiger partial charge is 0.398 e. The van der Waals surface area contributed by atoms with Crippen LogP contribution in [0.4, 0.5) is 5.69 Å². The van der Waals surface area contributed by atoms with E-state index in [2.05, 4.69) is 5.32 Å². The van der Waals surface area contributed by atoms with Gasteiger partial charge in [-0.2, -0.15) is 0 Å². The molecule has 98 valence electrons. The summed E-state index contributed by atoms with van der Waals surface area (Å²) in [5.41, 5.74) is 6.39. The second kappa shape index (κ2) is 6.04. The van der Waals surface area contributed by atoms with Crippen LogP contribution < -0.4 is 11.1 Å². The summed E-state index contributed by atoms with van der Waals surface area (Å²) in [4.78, 5) is 12.0. The maximum Gasteiger partial charge on any atom is 0.254 e. The van der Waals surface area contributed by atoms with Gasteiger partial charge in [0, 0.05) is 12.2 Å². The Hall–Kier alpha value is -1.30. The van der Waals surface area contributed by atoms with Crippen molar-refractivity contribution in [2.75, 3.05) is 32.1 Å². The normalized spacial score (nSPS) is 19.5. The van der Waals surface area contributed by atoms with Crippen LogP contribution >= 0.6 is 11.6 Å². The van der Waals surface area contributed by atoms with Gasteiger partial charge in [-0.05, 0) is 12.1 Å². The maximum absolute atomic E-state index is 12.0. The molecule has 1 aliphatic heterocycles. The molecule has 1 heterocycles. The Morgan fingerprint density at radius 1 is 1.50 bits per heavy atom. The van der Waals surface area contributed by atoms with Crippen molar-refractivity contribution >= 4 is 23.2 Å². The van der Waals surface area contributed by atoms with Crippen LogP contribution in [0.25, 0.3) is 0 Å². The molecule has 2 rings (SSSR count). The molecule has 1 fully saturated rings. The number of carbonyl (C=O) groups excluding carboxylic acids is 1. The predicted octanol–water partition coefficient (Wildman–Crippen LogP) is 1.07. The summed E-state index contributed by atoms with van der Waals surface area (Å²) in [7, 11) is 0. The number of amides is 1. The Morgan fingerprint density at radius 2 is 2.33 bits per heavy atom. The molecule has 0 aromatic heterocycles. The van der Waals surface area contributed by atoms with E-state index in [1.54, 1.807) is 18.2 Å². The maximum atomic E-state index is 12.0. The van der Waals surface area contributed by atoms with Crippen molar-refractivity contribution < 1.29 is 14.3 Å². The van der Waals surface area contributed by atoms with Crippen molar-refractivity contribution in [2.24, 2.45) is 0 Å². The Morgan fingerprint density at radius 3 is 3.00 bits per heavy atom. The SMILES string of the molecule is Nc1cccc(Cl)c1C(=O)NCC1COCCO1. The number of nitrogen functional groups attached to an aromatic ring is 1. The highest BCUT2D eigenvalue weighted by molar-refractivity contribution is 6.34. The Kier molecular flexibility index (Phi) is 4.41. The van der Waals surface area contributed by atoms with Gasteiger partial charge in [0.2, 0.25) is 0 Å². The number of nitrogens with one attached hydrogen (secondary N) is 1. The Labute approximate surface area is 110 Å². The number of halogens is 1. The zero-order valence-corrected chi connectivity index (χ0v) is 10.6. The molecule has 6 heteroatoms. The average Bonchev–Trinajstić information content (AvgIpc) is 2.37. The van der Waals surface area contributed by atoms with Gasteiger partial charge in [0.15, 0.2) is 0 Å². The van der Waals surface area contributed by atoms with E-state index in [0.717, 1.165) is 0 Å². The van der Waals surface area contributed by atoms with Crippen LogP contribution in [0, 0.1) is 0 Å². The van der Waals surface area contributed by atoms with Crippen LogP contribution in [-0.4, -0.2) is 38.4 Å². The first-order chi connectivity index (χ1) is 8.68. The number of carbonyl (C=O) groups is 1. The molecule has 1 aromatic rings. The molecule has 0 spiro atoms. The summed E-state index contributed by atoms with van der Waals surface area (Å²) in [5.74, 6) is -0.299. The van der Waals surface area contributed by atoms with E-state index in [9.17, 15) is 4.79 Å². The predicted molar refractivity (Wildman–Crippen MR) is 68.8 cm³/mol. The number of anilines is 1. The second-order valence-corrected chi connectivity index (χ2v) is 4.39. The summed E-state index contributed by atoms with van der Waals surface area (Å²) in [6, 6.07) is 4.97. The lowest BCUT2D eigenvalue weighted by molar-refractivity contribution is -0.0855. The number of hydrogen-bond donors (Lipinski definition) is 2. The molecule has 1 amide bonds. The van der Waals surface area contributed by atoms with E-state index in [-0.39, 0.29) is 12.0 Å².